The van der Waals surface area contributed by atoms with E-state index in [1.807, 2.05) is 48.7 Å². The quantitative estimate of drug-likeness (QED) is 0.0940. The van der Waals surface area contributed by atoms with Crippen LogP contribution in [0.3, 0.4) is 0 Å². The molecule has 0 aliphatic heterocycles. The first-order valence-electron chi connectivity index (χ1n) is 17.4. The number of aliphatic hydroxyl groups is 2. The van der Waals surface area contributed by atoms with E-state index in [9.17, 15) is 29.0 Å². The van der Waals surface area contributed by atoms with Gasteiger partial charge in [-0.15, -0.1) is 0 Å². The van der Waals surface area contributed by atoms with Crippen LogP contribution in [-0.4, -0.2) is 55.9 Å². The lowest BCUT2D eigenvalue weighted by Gasteiger charge is -2.22. The van der Waals surface area contributed by atoms with Crippen molar-refractivity contribution in [2.45, 2.75) is 95.9 Å². The first kappa shape index (κ1) is 36.5. The third-order valence-corrected chi connectivity index (χ3v) is 9.24. The summed E-state index contributed by atoms with van der Waals surface area (Å²) in [5, 5.41) is 36.2. The average molecular weight is 684 g/mol. The zero-order valence-corrected chi connectivity index (χ0v) is 28.6. The molecule has 2 amide bonds. The number of carboxylic acids is 1. The van der Waals surface area contributed by atoms with Crippen molar-refractivity contribution >= 4 is 23.5 Å². The van der Waals surface area contributed by atoms with Gasteiger partial charge in [0.2, 0.25) is 0 Å². The van der Waals surface area contributed by atoms with E-state index in [0.717, 1.165) is 31.2 Å². The molecule has 10 heteroatoms. The van der Waals surface area contributed by atoms with Crippen molar-refractivity contribution in [2.75, 3.05) is 5.32 Å². The standard InChI is InChI=1S/C40H46FN3O6/c1-25(2)37-36(40(50)43-31-19-15-28(16-20-31)39(49)42-30-11-7-4-8-12-30)35(26-9-5-3-6-10-26)38(27-13-17-29(41)18-14-27)44(37)22-21-32(45)23-33(46)24-34(47)48/h3,5-6,9-10,13-20,25,30,32-33,45-46H,4,7-8,11-12,21-24H2,1-2H3,(H,42,49)(H,43,50)(H,47,48)/t32-,33-/m1/s1. The number of rotatable bonds is 14. The summed E-state index contributed by atoms with van der Waals surface area (Å²) in [6.45, 7) is 4.18. The van der Waals surface area contributed by atoms with Crippen molar-refractivity contribution in [1.29, 1.82) is 0 Å². The number of benzene rings is 3. The zero-order chi connectivity index (χ0) is 35.8. The molecule has 1 aromatic heterocycles. The molecule has 1 aliphatic rings. The van der Waals surface area contributed by atoms with Crippen LogP contribution in [0.1, 0.15) is 97.5 Å². The molecule has 5 N–H and O–H groups in total. The van der Waals surface area contributed by atoms with Gasteiger partial charge in [-0.25, -0.2) is 4.39 Å². The molecule has 1 heterocycles. The van der Waals surface area contributed by atoms with Gasteiger partial charge in [-0.05, 0) is 91.3 Å². The van der Waals surface area contributed by atoms with Gasteiger partial charge in [0, 0.05) is 35.1 Å². The van der Waals surface area contributed by atoms with Gasteiger partial charge < -0.3 is 30.5 Å². The molecule has 50 heavy (non-hydrogen) atoms. The van der Waals surface area contributed by atoms with E-state index >= 15 is 0 Å². The molecule has 264 valence electrons. The Hall–Kier alpha value is -4.80. The van der Waals surface area contributed by atoms with Crippen molar-refractivity contribution in [1.82, 2.24) is 9.88 Å². The number of aromatic nitrogens is 1. The number of carbonyl (C=O) groups is 3. The lowest BCUT2D eigenvalue weighted by molar-refractivity contribution is -0.139. The maximum Gasteiger partial charge on any atom is 0.305 e. The SMILES string of the molecule is CC(C)c1c(C(=O)Nc2ccc(C(=O)NC3CCCCC3)cc2)c(-c2ccccc2)c(-c2ccc(F)cc2)n1CC[C@@H](O)C[C@@H](O)CC(=O)O. The average Bonchev–Trinajstić information content (AvgIpc) is 3.44. The van der Waals surface area contributed by atoms with E-state index in [1.54, 1.807) is 36.4 Å². The lowest BCUT2D eigenvalue weighted by Crippen LogP contribution is -2.36. The van der Waals surface area contributed by atoms with Gasteiger partial charge >= 0.3 is 5.97 Å². The van der Waals surface area contributed by atoms with E-state index in [0.29, 0.717) is 39.3 Å². The number of carboxylic acid groups (broad SMARTS) is 1. The molecule has 1 saturated carbocycles. The van der Waals surface area contributed by atoms with Crippen LogP contribution in [0.4, 0.5) is 10.1 Å². The summed E-state index contributed by atoms with van der Waals surface area (Å²) in [5.74, 6) is -2.24. The van der Waals surface area contributed by atoms with Crippen LogP contribution in [0, 0.1) is 5.82 Å². The van der Waals surface area contributed by atoms with Crippen LogP contribution >= 0.6 is 0 Å². The van der Waals surface area contributed by atoms with Gasteiger partial charge in [0.25, 0.3) is 11.8 Å². The molecule has 3 aromatic carbocycles. The van der Waals surface area contributed by atoms with Crippen molar-refractivity contribution in [3.8, 4) is 22.4 Å². The van der Waals surface area contributed by atoms with Gasteiger partial charge in [0.15, 0.2) is 0 Å². The summed E-state index contributed by atoms with van der Waals surface area (Å²) < 4.78 is 16.1. The third-order valence-electron chi connectivity index (χ3n) is 9.24. The van der Waals surface area contributed by atoms with Crippen molar-refractivity contribution in [3.05, 3.63) is 102 Å². The Bertz CT molecular complexity index is 1760. The highest BCUT2D eigenvalue weighted by Gasteiger charge is 2.31. The number of anilines is 1. The molecule has 2 atom stereocenters. The maximum absolute atomic E-state index is 14.5. The van der Waals surface area contributed by atoms with Gasteiger partial charge in [-0.2, -0.15) is 0 Å². The Morgan fingerprint density at radius 1 is 0.840 bits per heavy atom. The summed E-state index contributed by atoms with van der Waals surface area (Å²) in [5.41, 5.74) is 4.88. The normalized spacial score (nSPS) is 14.7. The van der Waals surface area contributed by atoms with Crippen molar-refractivity contribution in [3.63, 3.8) is 0 Å². The number of nitrogens with one attached hydrogen (secondary N) is 2. The number of aliphatic carboxylic acids is 1. The van der Waals surface area contributed by atoms with Crippen LogP contribution in [0.2, 0.25) is 0 Å². The van der Waals surface area contributed by atoms with Crippen LogP contribution in [-0.2, 0) is 11.3 Å². The minimum absolute atomic E-state index is 0.121. The number of halogens is 1. The highest BCUT2D eigenvalue weighted by atomic mass is 19.1. The fourth-order valence-corrected chi connectivity index (χ4v) is 6.90. The topological polar surface area (TPSA) is 141 Å². The van der Waals surface area contributed by atoms with Crippen LogP contribution in [0.25, 0.3) is 22.4 Å². The van der Waals surface area contributed by atoms with Crippen LogP contribution in [0.5, 0.6) is 0 Å². The fourth-order valence-electron chi connectivity index (χ4n) is 6.90. The van der Waals surface area contributed by atoms with E-state index in [2.05, 4.69) is 10.6 Å². The Kier molecular flexibility index (Phi) is 12.2. The molecule has 1 aliphatic carbocycles. The third kappa shape index (κ3) is 9.05. The Balaban J connectivity index is 1.53. The molecule has 0 unspecified atom stereocenters. The van der Waals surface area contributed by atoms with Gasteiger partial charge in [-0.1, -0.05) is 63.4 Å². The molecule has 0 bridgehead atoms. The van der Waals surface area contributed by atoms with Crippen molar-refractivity contribution in [2.24, 2.45) is 0 Å². The van der Waals surface area contributed by atoms with E-state index in [4.69, 9.17) is 5.11 Å². The van der Waals surface area contributed by atoms with Crippen LogP contribution < -0.4 is 10.6 Å². The largest absolute Gasteiger partial charge is 0.481 e. The van der Waals surface area contributed by atoms with E-state index < -0.39 is 30.4 Å². The van der Waals surface area contributed by atoms with E-state index in [-0.39, 0.29) is 43.2 Å². The second-order valence-electron chi connectivity index (χ2n) is 13.4. The summed E-state index contributed by atoms with van der Waals surface area (Å²) in [6, 6.07) is 22.5. The molecule has 1 fully saturated rings. The number of nitrogens with zero attached hydrogens (tertiary/aromatic N) is 1. The lowest BCUT2D eigenvalue weighted by atomic mass is 9.94. The molecular weight excluding hydrogens is 637 g/mol. The molecule has 0 spiro atoms. The summed E-state index contributed by atoms with van der Waals surface area (Å²) in [6.07, 6.45) is 2.72. The first-order valence-corrected chi connectivity index (χ1v) is 17.4. The van der Waals surface area contributed by atoms with Crippen molar-refractivity contribution < 1.29 is 34.1 Å². The minimum atomic E-state index is -1.21. The first-order chi connectivity index (χ1) is 24.0. The predicted molar refractivity (Wildman–Crippen MR) is 192 cm³/mol. The Morgan fingerprint density at radius 3 is 2.12 bits per heavy atom. The second kappa shape index (κ2) is 16.7. The minimum Gasteiger partial charge on any atom is -0.481 e. The monoisotopic (exact) mass is 683 g/mol. The summed E-state index contributed by atoms with van der Waals surface area (Å²) >= 11 is 0. The molecule has 4 aromatic rings. The highest BCUT2D eigenvalue weighted by Crippen LogP contribution is 2.42. The van der Waals surface area contributed by atoms with Crippen LogP contribution in [0.15, 0.2) is 78.9 Å². The van der Waals surface area contributed by atoms with E-state index in [1.165, 1.54) is 18.6 Å². The smallest absolute Gasteiger partial charge is 0.305 e. The zero-order valence-electron chi connectivity index (χ0n) is 28.6. The fraction of sp³-hybridized carbons (Fsp3) is 0.375. The number of hydrogen-bond acceptors (Lipinski definition) is 5. The number of hydrogen-bond donors (Lipinski definition) is 5. The highest BCUT2D eigenvalue weighted by molar-refractivity contribution is 6.12. The summed E-state index contributed by atoms with van der Waals surface area (Å²) in [7, 11) is 0. The Labute approximate surface area is 292 Å². The van der Waals surface area contributed by atoms with Gasteiger partial charge in [-0.3, -0.25) is 14.4 Å². The number of aliphatic hydroxyl groups excluding tert-OH is 2. The molecule has 0 saturated heterocycles. The summed E-state index contributed by atoms with van der Waals surface area (Å²) in [4.78, 5) is 38.4. The molecule has 9 nitrogen and oxygen atoms in total. The molecule has 0 radical (unpaired) electrons. The second-order valence-corrected chi connectivity index (χ2v) is 13.4. The molecule has 5 rings (SSSR count). The number of amides is 2. The maximum atomic E-state index is 14.5. The van der Waals surface area contributed by atoms with Gasteiger partial charge in [0.05, 0.1) is 29.9 Å². The predicted octanol–water partition coefficient (Wildman–Crippen LogP) is 7.38. The number of carbonyl (C=O) groups excluding carboxylic acids is 2. The Morgan fingerprint density at radius 2 is 1.50 bits per heavy atom. The molecular formula is C40H46FN3O6. The van der Waals surface area contributed by atoms with Gasteiger partial charge in [0.1, 0.15) is 5.82 Å².